The number of thiazole rings is 1. The molecule has 1 fully saturated rings. The Bertz CT molecular complexity index is 385. The Labute approximate surface area is 119 Å². The summed E-state index contributed by atoms with van der Waals surface area (Å²) in [4.78, 5) is 20.7. The van der Waals surface area contributed by atoms with E-state index in [1.807, 2.05) is 24.3 Å². The van der Waals surface area contributed by atoms with E-state index in [1.165, 1.54) is 25.7 Å². The summed E-state index contributed by atoms with van der Waals surface area (Å²) in [6.45, 7) is 4.71. The zero-order valence-corrected chi connectivity index (χ0v) is 12.7. The summed E-state index contributed by atoms with van der Waals surface area (Å²) in [5.74, 6) is 0.199. The van der Waals surface area contributed by atoms with Gasteiger partial charge in [0.15, 0.2) is 0 Å². The third-order valence-electron chi connectivity index (χ3n) is 3.84. The van der Waals surface area contributed by atoms with Crippen molar-refractivity contribution in [1.29, 1.82) is 0 Å². The number of hydrogen-bond donors (Lipinski definition) is 0. The Hall–Kier alpha value is -0.940. The van der Waals surface area contributed by atoms with E-state index < -0.39 is 0 Å². The van der Waals surface area contributed by atoms with Crippen LogP contribution in [0.2, 0.25) is 0 Å². The van der Waals surface area contributed by atoms with Gasteiger partial charge in [0.25, 0.3) is 0 Å². The van der Waals surface area contributed by atoms with E-state index in [4.69, 9.17) is 0 Å². The number of likely N-dealkylation sites (tertiary alicyclic amines) is 1. The molecule has 1 atom stereocenters. The fourth-order valence-electron chi connectivity index (χ4n) is 2.42. The Balaban J connectivity index is 1.87. The molecule has 0 radical (unpaired) electrons. The van der Waals surface area contributed by atoms with Crippen molar-refractivity contribution in [3.05, 3.63) is 16.6 Å². The van der Waals surface area contributed by atoms with E-state index >= 15 is 0 Å². The zero-order valence-electron chi connectivity index (χ0n) is 11.8. The highest BCUT2D eigenvalue weighted by atomic mass is 32.1. The monoisotopic (exact) mass is 281 g/mol. The molecule has 0 saturated carbocycles. The van der Waals surface area contributed by atoms with Gasteiger partial charge in [-0.2, -0.15) is 0 Å². The molecule has 1 aromatic heterocycles. The number of hydrogen-bond acceptors (Lipinski definition) is 4. The lowest BCUT2D eigenvalue weighted by molar-refractivity contribution is -0.133. The molecular weight excluding hydrogens is 258 g/mol. The number of carbonyl (C=O) groups excluding carboxylic acids is 1. The predicted octanol–water partition coefficient (Wildman–Crippen LogP) is 2.54. The van der Waals surface area contributed by atoms with Crippen LogP contribution in [0.25, 0.3) is 0 Å². The van der Waals surface area contributed by atoms with Crippen molar-refractivity contribution in [2.75, 3.05) is 26.7 Å². The molecule has 1 saturated heterocycles. The van der Waals surface area contributed by atoms with Crippen LogP contribution < -0.4 is 0 Å². The van der Waals surface area contributed by atoms with E-state index in [9.17, 15) is 4.79 Å². The van der Waals surface area contributed by atoms with Gasteiger partial charge < -0.3 is 4.90 Å². The number of nitrogens with zero attached hydrogens (tertiary/aromatic N) is 3. The van der Waals surface area contributed by atoms with Crippen LogP contribution >= 0.6 is 11.3 Å². The largest absolute Gasteiger partial charge is 0.335 e. The molecule has 5 heteroatoms. The average Bonchev–Trinajstić information content (AvgIpc) is 2.83. The van der Waals surface area contributed by atoms with Gasteiger partial charge in [0.2, 0.25) is 5.91 Å². The van der Waals surface area contributed by atoms with Gasteiger partial charge in [0.05, 0.1) is 12.6 Å². The highest BCUT2D eigenvalue weighted by Gasteiger charge is 2.21. The topological polar surface area (TPSA) is 36.4 Å². The lowest BCUT2D eigenvalue weighted by atomic mass is 10.2. The standard InChI is InChI=1S/C14H23N3OS/c1-12(14-15-7-10-19-14)16(2)13(18)11-17-8-5-3-4-6-9-17/h7,10,12H,3-6,8-9,11H2,1-2H3/t12-/m0/s1. The van der Waals surface area contributed by atoms with Gasteiger partial charge in [0, 0.05) is 18.6 Å². The summed E-state index contributed by atoms with van der Waals surface area (Å²) in [6, 6.07) is 0.0690. The molecule has 0 unspecified atom stereocenters. The molecule has 0 N–H and O–H groups in total. The Morgan fingerprint density at radius 1 is 1.42 bits per heavy atom. The maximum absolute atomic E-state index is 12.3. The van der Waals surface area contributed by atoms with Gasteiger partial charge in [0.1, 0.15) is 5.01 Å². The second kappa shape index (κ2) is 7.01. The molecule has 2 heterocycles. The first-order chi connectivity index (χ1) is 9.18. The van der Waals surface area contributed by atoms with Gasteiger partial charge in [-0.1, -0.05) is 12.8 Å². The van der Waals surface area contributed by atoms with E-state index in [2.05, 4.69) is 9.88 Å². The molecule has 1 aromatic rings. The third kappa shape index (κ3) is 4.01. The molecule has 1 aliphatic rings. The van der Waals surface area contributed by atoms with Gasteiger partial charge in [-0.3, -0.25) is 9.69 Å². The molecule has 2 rings (SSSR count). The minimum atomic E-state index is 0.0690. The molecule has 0 aromatic carbocycles. The van der Waals surface area contributed by atoms with Crippen LogP contribution in [0.5, 0.6) is 0 Å². The number of rotatable bonds is 4. The Morgan fingerprint density at radius 3 is 2.68 bits per heavy atom. The normalized spacial score (nSPS) is 18.8. The van der Waals surface area contributed by atoms with Gasteiger partial charge >= 0.3 is 0 Å². The van der Waals surface area contributed by atoms with Crippen LogP contribution in [0.15, 0.2) is 11.6 Å². The maximum Gasteiger partial charge on any atom is 0.237 e. The van der Waals surface area contributed by atoms with Crippen LogP contribution in [0.1, 0.15) is 43.7 Å². The second-order valence-electron chi connectivity index (χ2n) is 5.24. The SMILES string of the molecule is C[C@@H](c1nccs1)N(C)C(=O)CN1CCCCCC1. The maximum atomic E-state index is 12.3. The molecule has 1 aliphatic heterocycles. The van der Waals surface area contributed by atoms with Crippen LogP contribution in [0.3, 0.4) is 0 Å². The fraction of sp³-hybridized carbons (Fsp3) is 0.714. The highest BCUT2D eigenvalue weighted by molar-refractivity contribution is 7.09. The van der Waals surface area contributed by atoms with E-state index in [0.717, 1.165) is 18.1 Å². The van der Waals surface area contributed by atoms with Crippen molar-refractivity contribution in [1.82, 2.24) is 14.8 Å². The van der Waals surface area contributed by atoms with Crippen LogP contribution in [-0.2, 0) is 4.79 Å². The molecule has 0 spiro atoms. The number of amides is 1. The summed E-state index contributed by atoms with van der Waals surface area (Å²) >= 11 is 1.61. The van der Waals surface area contributed by atoms with Crippen molar-refractivity contribution in [3.63, 3.8) is 0 Å². The van der Waals surface area contributed by atoms with Crippen LogP contribution in [0.4, 0.5) is 0 Å². The molecule has 1 amide bonds. The van der Waals surface area contributed by atoms with Crippen molar-refractivity contribution in [3.8, 4) is 0 Å². The quantitative estimate of drug-likeness (QED) is 0.851. The number of likely N-dealkylation sites (N-methyl/N-ethyl adjacent to an activating group) is 1. The van der Waals surface area contributed by atoms with Crippen molar-refractivity contribution in [2.24, 2.45) is 0 Å². The predicted molar refractivity (Wildman–Crippen MR) is 78.2 cm³/mol. The first-order valence-corrected chi connectivity index (χ1v) is 7.94. The minimum absolute atomic E-state index is 0.0690. The van der Waals surface area contributed by atoms with Crippen LogP contribution in [0, 0.1) is 0 Å². The summed E-state index contributed by atoms with van der Waals surface area (Å²) in [7, 11) is 1.88. The molecular formula is C14H23N3OS. The highest BCUT2D eigenvalue weighted by Crippen LogP contribution is 2.21. The Morgan fingerprint density at radius 2 is 2.11 bits per heavy atom. The number of aromatic nitrogens is 1. The zero-order chi connectivity index (χ0) is 13.7. The van der Waals surface area contributed by atoms with E-state index in [1.54, 1.807) is 17.5 Å². The molecule has 4 nitrogen and oxygen atoms in total. The number of carbonyl (C=O) groups is 1. The van der Waals surface area contributed by atoms with Crippen molar-refractivity contribution < 1.29 is 4.79 Å². The third-order valence-corrected chi connectivity index (χ3v) is 4.79. The summed E-state index contributed by atoms with van der Waals surface area (Å²) in [5, 5.41) is 2.96. The summed E-state index contributed by atoms with van der Waals surface area (Å²) in [5.41, 5.74) is 0. The lowest BCUT2D eigenvalue weighted by Gasteiger charge is -2.27. The summed E-state index contributed by atoms with van der Waals surface area (Å²) < 4.78 is 0. The van der Waals surface area contributed by atoms with Gasteiger partial charge in [-0.15, -0.1) is 11.3 Å². The molecule has 0 aliphatic carbocycles. The smallest absolute Gasteiger partial charge is 0.237 e. The first-order valence-electron chi connectivity index (χ1n) is 7.06. The summed E-state index contributed by atoms with van der Waals surface area (Å²) in [6.07, 6.45) is 6.84. The fourth-order valence-corrected chi connectivity index (χ4v) is 3.16. The average molecular weight is 281 g/mol. The van der Waals surface area contributed by atoms with Gasteiger partial charge in [-0.25, -0.2) is 4.98 Å². The molecule has 19 heavy (non-hydrogen) atoms. The Kier molecular flexibility index (Phi) is 5.34. The lowest BCUT2D eigenvalue weighted by Crippen LogP contribution is -2.39. The molecule has 106 valence electrons. The minimum Gasteiger partial charge on any atom is -0.335 e. The van der Waals surface area contributed by atoms with E-state index in [-0.39, 0.29) is 11.9 Å². The van der Waals surface area contributed by atoms with Crippen molar-refractivity contribution in [2.45, 2.75) is 38.6 Å². The van der Waals surface area contributed by atoms with Crippen LogP contribution in [-0.4, -0.2) is 47.4 Å². The molecule has 0 bridgehead atoms. The van der Waals surface area contributed by atoms with Gasteiger partial charge in [-0.05, 0) is 32.9 Å². The second-order valence-corrected chi connectivity index (χ2v) is 6.17. The first kappa shape index (κ1) is 14.5. The van der Waals surface area contributed by atoms with E-state index in [0.29, 0.717) is 6.54 Å². The van der Waals surface area contributed by atoms with Crippen molar-refractivity contribution >= 4 is 17.2 Å².